The highest BCUT2D eigenvalue weighted by Gasteiger charge is 2.29. The van der Waals surface area contributed by atoms with Gasteiger partial charge in [-0.3, -0.25) is 4.79 Å². The molecular formula is C10H20N2O3. The fourth-order valence-corrected chi connectivity index (χ4v) is 1.31. The average Bonchev–Trinajstić information content (AvgIpc) is 3.07. The molecule has 0 spiro atoms. The maximum absolute atomic E-state index is 11.5. The molecule has 0 radical (unpaired) electrons. The van der Waals surface area contributed by atoms with Crippen molar-refractivity contribution in [3.05, 3.63) is 0 Å². The smallest absolute Gasteiger partial charge is 0.234 e. The van der Waals surface area contributed by atoms with Crippen molar-refractivity contribution in [3.63, 3.8) is 0 Å². The van der Waals surface area contributed by atoms with E-state index in [1.807, 2.05) is 6.92 Å². The molecule has 5 nitrogen and oxygen atoms in total. The number of rotatable bonds is 7. The molecule has 0 unspecified atom stereocenters. The maximum atomic E-state index is 11.5. The van der Waals surface area contributed by atoms with Crippen molar-refractivity contribution in [1.29, 1.82) is 0 Å². The Balaban J connectivity index is 2.31. The molecule has 88 valence electrons. The first kappa shape index (κ1) is 12.4. The van der Waals surface area contributed by atoms with E-state index in [1.165, 1.54) is 0 Å². The minimum absolute atomic E-state index is 0.174. The van der Waals surface area contributed by atoms with E-state index in [0.717, 1.165) is 12.8 Å². The zero-order valence-electron chi connectivity index (χ0n) is 9.12. The average molecular weight is 216 g/mol. The van der Waals surface area contributed by atoms with Crippen LogP contribution >= 0.6 is 0 Å². The van der Waals surface area contributed by atoms with E-state index in [1.54, 1.807) is 0 Å². The Bertz CT molecular complexity index is 204. The largest absolute Gasteiger partial charge is 0.394 e. The Hall–Kier alpha value is -0.650. The molecule has 0 aromatic carbocycles. The summed E-state index contributed by atoms with van der Waals surface area (Å²) < 4.78 is 0. The van der Waals surface area contributed by atoms with Crippen molar-refractivity contribution in [1.82, 2.24) is 10.6 Å². The Morgan fingerprint density at radius 3 is 2.40 bits per heavy atom. The van der Waals surface area contributed by atoms with Crippen molar-refractivity contribution >= 4 is 5.91 Å². The summed E-state index contributed by atoms with van der Waals surface area (Å²) in [5.41, 5.74) is -0.873. The van der Waals surface area contributed by atoms with Crippen LogP contribution in [-0.4, -0.2) is 47.5 Å². The van der Waals surface area contributed by atoms with Gasteiger partial charge in [0.15, 0.2) is 0 Å². The highest BCUT2D eigenvalue weighted by molar-refractivity contribution is 5.79. The zero-order valence-corrected chi connectivity index (χ0v) is 9.12. The molecule has 1 aliphatic carbocycles. The molecule has 4 N–H and O–H groups in total. The molecule has 1 rings (SSSR count). The van der Waals surface area contributed by atoms with Crippen LogP contribution in [0.25, 0.3) is 0 Å². The van der Waals surface area contributed by atoms with Crippen LogP contribution in [0.1, 0.15) is 26.2 Å². The molecule has 1 saturated carbocycles. The van der Waals surface area contributed by atoms with E-state index in [0.29, 0.717) is 12.5 Å². The van der Waals surface area contributed by atoms with Crippen LogP contribution in [0, 0.1) is 0 Å². The number of aliphatic hydroxyl groups is 2. The molecule has 0 bridgehead atoms. The van der Waals surface area contributed by atoms with Gasteiger partial charge in [0.25, 0.3) is 0 Å². The lowest BCUT2D eigenvalue weighted by atomic mass is 9.98. The summed E-state index contributed by atoms with van der Waals surface area (Å²) in [6.45, 7) is 1.60. The summed E-state index contributed by atoms with van der Waals surface area (Å²) in [5, 5.41) is 24.0. The third-order valence-corrected chi connectivity index (χ3v) is 2.82. The van der Waals surface area contributed by atoms with Gasteiger partial charge in [0, 0.05) is 6.04 Å². The second kappa shape index (κ2) is 5.44. The van der Waals surface area contributed by atoms with E-state index in [4.69, 9.17) is 10.2 Å². The summed E-state index contributed by atoms with van der Waals surface area (Å²) in [7, 11) is 0. The lowest BCUT2D eigenvalue weighted by molar-refractivity contribution is -0.123. The molecule has 0 aromatic rings. The number of carbonyl (C=O) groups excluding carboxylic acids is 1. The molecular weight excluding hydrogens is 196 g/mol. The number of amides is 1. The van der Waals surface area contributed by atoms with Gasteiger partial charge in [-0.05, 0) is 19.3 Å². The lowest BCUT2D eigenvalue weighted by Crippen LogP contribution is -2.55. The van der Waals surface area contributed by atoms with E-state index in [9.17, 15) is 4.79 Å². The summed E-state index contributed by atoms with van der Waals surface area (Å²) in [4.78, 5) is 11.5. The maximum Gasteiger partial charge on any atom is 0.234 e. The van der Waals surface area contributed by atoms with Crippen LogP contribution in [-0.2, 0) is 4.79 Å². The summed E-state index contributed by atoms with van der Waals surface area (Å²) in [6.07, 6.45) is 2.77. The van der Waals surface area contributed by atoms with E-state index in [2.05, 4.69) is 10.6 Å². The topological polar surface area (TPSA) is 81.6 Å². The first-order valence-electron chi connectivity index (χ1n) is 5.42. The van der Waals surface area contributed by atoms with Gasteiger partial charge < -0.3 is 20.8 Å². The van der Waals surface area contributed by atoms with Crippen LogP contribution in [0.15, 0.2) is 0 Å². The molecule has 0 heterocycles. The molecule has 0 atom stereocenters. The third kappa shape index (κ3) is 3.77. The third-order valence-electron chi connectivity index (χ3n) is 2.82. The van der Waals surface area contributed by atoms with Gasteiger partial charge in [-0.15, -0.1) is 0 Å². The zero-order chi connectivity index (χ0) is 11.3. The summed E-state index contributed by atoms with van der Waals surface area (Å²) in [5.74, 6) is -0.174. The molecule has 0 aliphatic heterocycles. The predicted molar refractivity (Wildman–Crippen MR) is 56.4 cm³/mol. The van der Waals surface area contributed by atoms with Crippen molar-refractivity contribution < 1.29 is 15.0 Å². The van der Waals surface area contributed by atoms with Crippen molar-refractivity contribution in [2.75, 3.05) is 19.8 Å². The fraction of sp³-hybridized carbons (Fsp3) is 0.900. The van der Waals surface area contributed by atoms with Crippen LogP contribution in [0.2, 0.25) is 0 Å². The van der Waals surface area contributed by atoms with Crippen molar-refractivity contribution in [2.45, 2.75) is 37.8 Å². The van der Waals surface area contributed by atoms with Gasteiger partial charge in [0.1, 0.15) is 0 Å². The fourth-order valence-electron chi connectivity index (χ4n) is 1.31. The molecule has 0 saturated heterocycles. The summed E-state index contributed by atoms with van der Waals surface area (Å²) in [6, 6.07) is 0.482. The second-order valence-corrected chi connectivity index (χ2v) is 4.15. The molecule has 15 heavy (non-hydrogen) atoms. The normalized spacial score (nSPS) is 16.5. The van der Waals surface area contributed by atoms with E-state index >= 15 is 0 Å². The predicted octanol–water partition coefficient (Wildman–Crippen LogP) is -1.01. The van der Waals surface area contributed by atoms with Crippen LogP contribution in [0.3, 0.4) is 0 Å². The Morgan fingerprint density at radius 2 is 2.00 bits per heavy atom. The minimum Gasteiger partial charge on any atom is -0.394 e. The van der Waals surface area contributed by atoms with Gasteiger partial charge in [0.05, 0.1) is 25.3 Å². The Labute approximate surface area is 89.9 Å². The van der Waals surface area contributed by atoms with Gasteiger partial charge in [-0.1, -0.05) is 6.92 Å². The van der Waals surface area contributed by atoms with Gasteiger partial charge in [-0.2, -0.15) is 0 Å². The highest BCUT2D eigenvalue weighted by atomic mass is 16.3. The number of carbonyl (C=O) groups is 1. The van der Waals surface area contributed by atoms with Crippen LogP contribution < -0.4 is 10.6 Å². The lowest BCUT2D eigenvalue weighted by Gasteiger charge is -2.29. The van der Waals surface area contributed by atoms with E-state index in [-0.39, 0.29) is 25.7 Å². The SMILES string of the molecule is CCC(CO)(CO)NC(=O)CNC1CC1. The monoisotopic (exact) mass is 216 g/mol. The summed E-state index contributed by atoms with van der Waals surface area (Å²) >= 11 is 0. The Morgan fingerprint density at radius 1 is 1.40 bits per heavy atom. The van der Waals surface area contributed by atoms with Crippen LogP contribution in [0.4, 0.5) is 0 Å². The molecule has 1 aliphatic rings. The molecule has 1 fully saturated rings. The van der Waals surface area contributed by atoms with Gasteiger partial charge >= 0.3 is 0 Å². The first-order valence-corrected chi connectivity index (χ1v) is 5.42. The number of hydrogen-bond acceptors (Lipinski definition) is 4. The quantitative estimate of drug-likeness (QED) is 0.439. The standard InChI is InChI=1S/C10H20N2O3/c1-2-10(6-13,7-14)12-9(15)5-11-8-3-4-8/h8,11,13-14H,2-7H2,1H3,(H,12,15). The molecule has 1 amide bonds. The number of aliphatic hydroxyl groups excluding tert-OH is 2. The highest BCUT2D eigenvalue weighted by Crippen LogP contribution is 2.18. The van der Waals surface area contributed by atoms with Gasteiger partial charge in [-0.25, -0.2) is 0 Å². The van der Waals surface area contributed by atoms with Crippen molar-refractivity contribution in [2.24, 2.45) is 0 Å². The Kier molecular flexibility index (Phi) is 4.50. The number of hydrogen-bond donors (Lipinski definition) is 4. The van der Waals surface area contributed by atoms with Gasteiger partial charge in [0.2, 0.25) is 5.91 Å². The van der Waals surface area contributed by atoms with Crippen molar-refractivity contribution in [3.8, 4) is 0 Å². The van der Waals surface area contributed by atoms with Crippen LogP contribution in [0.5, 0.6) is 0 Å². The number of nitrogens with one attached hydrogen (secondary N) is 2. The first-order chi connectivity index (χ1) is 7.15. The minimum atomic E-state index is -0.873. The second-order valence-electron chi connectivity index (χ2n) is 4.15. The molecule has 5 heteroatoms. The van der Waals surface area contributed by atoms with E-state index < -0.39 is 5.54 Å². The molecule has 0 aromatic heterocycles.